The van der Waals surface area contributed by atoms with Gasteiger partial charge in [-0.05, 0) is 57.5 Å². The van der Waals surface area contributed by atoms with E-state index in [1.165, 1.54) is 12.8 Å². The number of hydrogen-bond acceptors (Lipinski definition) is 2. The van der Waals surface area contributed by atoms with Gasteiger partial charge in [-0.2, -0.15) is 0 Å². The van der Waals surface area contributed by atoms with Crippen molar-refractivity contribution in [1.29, 1.82) is 0 Å². The molecule has 0 aliphatic carbocycles. The van der Waals surface area contributed by atoms with E-state index in [9.17, 15) is 4.79 Å². The first-order chi connectivity index (χ1) is 9.56. The second kappa shape index (κ2) is 6.95. The van der Waals surface area contributed by atoms with Crippen LogP contribution in [-0.4, -0.2) is 36.6 Å². The molecule has 1 atom stereocenters. The van der Waals surface area contributed by atoms with Gasteiger partial charge in [0.15, 0.2) is 0 Å². The average Bonchev–Trinajstić information content (AvgIpc) is 2.94. The van der Waals surface area contributed by atoms with Crippen LogP contribution < -0.4 is 10.6 Å². The summed E-state index contributed by atoms with van der Waals surface area (Å²) in [5.41, 5.74) is 1.72. The summed E-state index contributed by atoms with van der Waals surface area (Å²) in [5.74, 6) is 0. The van der Waals surface area contributed by atoms with Crippen molar-refractivity contribution in [2.24, 2.45) is 0 Å². The summed E-state index contributed by atoms with van der Waals surface area (Å²) in [6.07, 6.45) is 2.52. The van der Waals surface area contributed by atoms with Gasteiger partial charge in [0.05, 0.1) is 0 Å². The fourth-order valence-electron chi connectivity index (χ4n) is 2.40. The molecule has 0 saturated carbocycles. The number of aryl methyl sites for hydroxylation is 1. The highest BCUT2D eigenvalue weighted by molar-refractivity contribution is 6.31. The normalized spacial score (nSPS) is 16.9. The van der Waals surface area contributed by atoms with Crippen LogP contribution in [-0.2, 0) is 0 Å². The number of hydrogen-bond donors (Lipinski definition) is 2. The zero-order valence-electron chi connectivity index (χ0n) is 12.1. The molecule has 1 fully saturated rings. The molecule has 1 saturated heterocycles. The molecule has 0 bridgehead atoms. The fraction of sp³-hybridized carbons (Fsp3) is 0.533. The molecule has 1 aliphatic rings. The van der Waals surface area contributed by atoms with E-state index in [0.717, 1.165) is 18.7 Å². The summed E-state index contributed by atoms with van der Waals surface area (Å²) in [7, 11) is 0. The third-order valence-corrected chi connectivity index (χ3v) is 4.16. The van der Waals surface area contributed by atoms with Crippen molar-refractivity contribution in [2.45, 2.75) is 32.7 Å². The molecule has 20 heavy (non-hydrogen) atoms. The Morgan fingerprint density at radius 3 is 2.75 bits per heavy atom. The largest absolute Gasteiger partial charge is 0.336 e. The highest BCUT2D eigenvalue weighted by Crippen LogP contribution is 2.19. The van der Waals surface area contributed by atoms with Crippen molar-refractivity contribution in [1.82, 2.24) is 10.2 Å². The molecule has 2 amide bonds. The summed E-state index contributed by atoms with van der Waals surface area (Å²) in [4.78, 5) is 14.2. The van der Waals surface area contributed by atoms with Gasteiger partial charge in [0, 0.05) is 23.3 Å². The third-order valence-electron chi connectivity index (χ3n) is 3.75. The molecule has 0 radical (unpaired) electrons. The molecule has 110 valence electrons. The lowest BCUT2D eigenvalue weighted by atomic mass is 10.2. The van der Waals surface area contributed by atoms with Gasteiger partial charge in [-0.1, -0.05) is 17.7 Å². The van der Waals surface area contributed by atoms with E-state index in [-0.39, 0.29) is 6.03 Å². The van der Waals surface area contributed by atoms with Gasteiger partial charge >= 0.3 is 6.03 Å². The van der Waals surface area contributed by atoms with Crippen molar-refractivity contribution in [3.63, 3.8) is 0 Å². The number of halogens is 1. The Bertz CT molecular complexity index is 472. The summed E-state index contributed by atoms with van der Waals surface area (Å²) >= 11 is 6.03. The summed E-state index contributed by atoms with van der Waals surface area (Å²) in [5, 5.41) is 6.37. The number of anilines is 1. The molecule has 2 rings (SSSR count). The van der Waals surface area contributed by atoms with Crippen molar-refractivity contribution in [3.8, 4) is 0 Å². The summed E-state index contributed by atoms with van der Waals surface area (Å²) in [6, 6.07) is 5.70. The lowest BCUT2D eigenvalue weighted by Crippen LogP contribution is -2.42. The first-order valence-corrected chi connectivity index (χ1v) is 7.49. The predicted octanol–water partition coefficient (Wildman–Crippen LogP) is 3.25. The Balaban J connectivity index is 1.78. The van der Waals surface area contributed by atoms with Crippen LogP contribution in [0.5, 0.6) is 0 Å². The number of nitrogens with one attached hydrogen (secondary N) is 2. The second-order valence-corrected chi connectivity index (χ2v) is 5.80. The number of likely N-dealkylation sites (tertiary alicyclic amines) is 1. The lowest BCUT2D eigenvalue weighted by molar-refractivity contribution is 0.234. The van der Waals surface area contributed by atoms with E-state index in [1.54, 1.807) is 6.07 Å². The molecule has 1 unspecified atom stereocenters. The van der Waals surface area contributed by atoms with Gasteiger partial charge in [-0.15, -0.1) is 0 Å². The zero-order chi connectivity index (χ0) is 14.5. The monoisotopic (exact) mass is 295 g/mol. The first kappa shape index (κ1) is 15.1. The number of nitrogens with zero attached hydrogens (tertiary/aromatic N) is 1. The van der Waals surface area contributed by atoms with Crippen LogP contribution in [0.2, 0.25) is 5.02 Å². The van der Waals surface area contributed by atoms with Crippen LogP contribution in [0, 0.1) is 6.92 Å². The molecule has 5 heteroatoms. The maximum Gasteiger partial charge on any atom is 0.319 e. The van der Waals surface area contributed by atoms with E-state index in [1.807, 2.05) is 19.1 Å². The second-order valence-electron chi connectivity index (χ2n) is 5.39. The van der Waals surface area contributed by atoms with Crippen LogP contribution in [0.1, 0.15) is 25.3 Å². The molecule has 4 nitrogen and oxygen atoms in total. The standard InChI is InChI=1S/C15H22ClN3O/c1-11-5-6-13(9-14(11)16)18-15(20)17-10-12(2)19-7-3-4-8-19/h5-6,9,12H,3-4,7-8,10H2,1-2H3,(H2,17,18,20). The molecular formula is C15H22ClN3O. The highest BCUT2D eigenvalue weighted by atomic mass is 35.5. The smallest absolute Gasteiger partial charge is 0.319 e. The SMILES string of the molecule is Cc1ccc(NC(=O)NCC(C)N2CCCC2)cc1Cl. The quantitative estimate of drug-likeness (QED) is 0.895. The maximum atomic E-state index is 11.8. The van der Waals surface area contributed by atoms with Crippen LogP contribution >= 0.6 is 11.6 Å². The van der Waals surface area contributed by atoms with Gasteiger partial charge in [-0.25, -0.2) is 4.79 Å². The minimum absolute atomic E-state index is 0.184. The summed E-state index contributed by atoms with van der Waals surface area (Å²) in [6.45, 7) is 7.01. The Hall–Kier alpha value is -1.26. The van der Waals surface area contributed by atoms with Crippen molar-refractivity contribution < 1.29 is 4.79 Å². The van der Waals surface area contributed by atoms with Gasteiger partial charge < -0.3 is 10.6 Å². The molecular weight excluding hydrogens is 274 g/mol. The number of amides is 2. The van der Waals surface area contributed by atoms with Crippen molar-refractivity contribution in [2.75, 3.05) is 25.0 Å². The molecule has 1 aromatic rings. The van der Waals surface area contributed by atoms with Crippen molar-refractivity contribution in [3.05, 3.63) is 28.8 Å². The topological polar surface area (TPSA) is 44.4 Å². The zero-order valence-corrected chi connectivity index (χ0v) is 12.8. The van der Waals surface area contributed by atoms with E-state index in [0.29, 0.717) is 23.3 Å². The summed E-state index contributed by atoms with van der Waals surface area (Å²) < 4.78 is 0. The van der Waals surface area contributed by atoms with Gasteiger partial charge in [0.2, 0.25) is 0 Å². The molecule has 1 aromatic carbocycles. The number of carbonyl (C=O) groups excluding carboxylic acids is 1. The van der Waals surface area contributed by atoms with Crippen LogP contribution in [0.25, 0.3) is 0 Å². The number of urea groups is 1. The fourth-order valence-corrected chi connectivity index (χ4v) is 2.58. The Morgan fingerprint density at radius 2 is 2.10 bits per heavy atom. The molecule has 1 heterocycles. The van der Waals surface area contributed by atoms with Crippen molar-refractivity contribution >= 4 is 23.3 Å². The van der Waals surface area contributed by atoms with Crippen LogP contribution in [0.15, 0.2) is 18.2 Å². The van der Waals surface area contributed by atoms with Crippen LogP contribution in [0.4, 0.5) is 10.5 Å². The first-order valence-electron chi connectivity index (χ1n) is 7.11. The number of carbonyl (C=O) groups is 1. The molecule has 2 N–H and O–H groups in total. The molecule has 1 aliphatic heterocycles. The van der Waals surface area contributed by atoms with E-state index >= 15 is 0 Å². The number of rotatable bonds is 4. The molecule has 0 spiro atoms. The maximum absolute atomic E-state index is 11.8. The minimum Gasteiger partial charge on any atom is -0.336 e. The van der Waals surface area contributed by atoms with Gasteiger partial charge in [0.1, 0.15) is 0 Å². The van der Waals surface area contributed by atoms with E-state index < -0.39 is 0 Å². The Kier molecular flexibility index (Phi) is 5.26. The third kappa shape index (κ3) is 4.12. The van der Waals surface area contributed by atoms with E-state index in [4.69, 9.17) is 11.6 Å². The lowest BCUT2D eigenvalue weighted by Gasteiger charge is -2.23. The van der Waals surface area contributed by atoms with E-state index in [2.05, 4.69) is 22.5 Å². The average molecular weight is 296 g/mol. The minimum atomic E-state index is -0.184. The van der Waals surface area contributed by atoms with Gasteiger partial charge in [-0.3, -0.25) is 4.90 Å². The van der Waals surface area contributed by atoms with Crippen LogP contribution in [0.3, 0.4) is 0 Å². The Morgan fingerprint density at radius 1 is 1.40 bits per heavy atom. The van der Waals surface area contributed by atoms with Gasteiger partial charge in [0.25, 0.3) is 0 Å². The number of benzene rings is 1. The Labute approximate surface area is 125 Å². The predicted molar refractivity (Wildman–Crippen MR) is 83.5 cm³/mol. The highest BCUT2D eigenvalue weighted by Gasteiger charge is 2.18. The molecule has 0 aromatic heterocycles.